The number of ether oxygens (including phenoxy) is 1. The second kappa shape index (κ2) is 5.14. The van der Waals surface area contributed by atoms with Crippen LogP contribution in [0.15, 0.2) is 40.6 Å². The molecule has 4 nitrogen and oxygen atoms in total. The van der Waals surface area contributed by atoms with Crippen molar-refractivity contribution in [1.29, 1.82) is 0 Å². The number of hydrogen-bond donors (Lipinski definition) is 2. The number of nitrogens with two attached hydrogens (primary N) is 1. The van der Waals surface area contributed by atoms with E-state index in [2.05, 4.69) is 9.97 Å². The summed E-state index contributed by atoms with van der Waals surface area (Å²) in [5.74, 6) is 0.786. The van der Waals surface area contributed by atoms with E-state index in [0.717, 1.165) is 15.8 Å². The van der Waals surface area contributed by atoms with Gasteiger partial charge >= 0.3 is 0 Å². The number of nitrogens with zero attached hydrogens (tertiary/aromatic N) is 1. The van der Waals surface area contributed by atoms with E-state index < -0.39 is 0 Å². The Morgan fingerprint density at radius 2 is 2.18 bits per heavy atom. The number of H-pyrrole nitrogens is 1. The van der Waals surface area contributed by atoms with Crippen molar-refractivity contribution in [3.63, 3.8) is 0 Å². The van der Waals surface area contributed by atoms with Gasteiger partial charge in [0.05, 0.1) is 6.10 Å². The summed E-state index contributed by atoms with van der Waals surface area (Å²) >= 11 is 1.52. The number of hydrogen-bond acceptors (Lipinski definition) is 4. The maximum absolute atomic E-state index is 5.84. The van der Waals surface area contributed by atoms with Crippen LogP contribution in [0, 0.1) is 0 Å². The van der Waals surface area contributed by atoms with Gasteiger partial charge in [0.1, 0.15) is 5.75 Å². The molecule has 3 N–H and O–H groups in total. The summed E-state index contributed by atoms with van der Waals surface area (Å²) in [6, 6.07) is 5.69. The van der Waals surface area contributed by atoms with Crippen LogP contribution in [0.2, 0.25) is 0 Å². The van der Waals surface area contributed by atoms with Gasteiger partial charge in [-0.1, -0.05) is 11.8 Å². The smallest absolute Gasteiger partial charge is 0.170 e. The summed E-state index contributed by atoms with van der Waals surface area (Å²) in [4.78, 5) is 8.20. The molecule has 2 rings (SSSR count). The Balaban J connectivity index is 2.19. The molecular formula is C12H15N3OS. The first-order valence-corrected chi connectivity index (χ1v) is 6.19. The number of nitrogens with one attached hydrogen (secondary N) is 1. The average Bonchev–Trinajstić information content (AvgIpc) is 2.67. The summed E-state index contributed by atoms with van der Waals surface area (Å²) in [5.41, 5.74) is 6.53. The van der Waals surface area contributed by atoms with Crippen LogP contribution in [0.3, 0.4) is 0 Å². The Kier molecular flexibility index (Phi) is 3.58. The number of benzene rings is 1. The van der Waals surface area contributed by atoms with E-state index in [1.165, 1.54) is 11.8 Å². The summed E-state index contributed by atoms with van der Waals surface area (Å²) < 4.78 is 5.63. The maximum atomic E-state index is 5.84. The zero-order valence-electron chi connectivity index (χ0n) is 9.81. The molecule has 0 spiro atoms. The van der Waals surface area contributed by atoms with Crippen LogP contribution in [0.25, 0.3) is 0 Å². The summed E-state index contributed by atoms with van der Waals surface area (Å²) in [5, 5.41) is 0.839. The van der Waals surface area contributed by atoms with Crippen LogP contribution in [-0.2, 0) is 0 Å². The van der Waals surface area contributed by atoms with Crippen LogP contribution in [0.1, 0.15) is 13.8 Å². The highest BCUT2D eigenvalue weighted by Crippen LogP contribution is 2.30. The van der Waals surface area contributed by atoms with E-state index >= 15 is 0 Å². The fourth-order valence-corrected chi connectivity index (χ4v) is 2.24. The molecule has 0 aliphatic heterocycles. The van der Waals surface area contributed by atoms with Crippen molar-refractivity contribution in [3.05, 3.63) is 30.6 Å². The van der Waals surface area contributed by atoms with E-state index in [-0.39, 0.29) is 6.10 Å². The van der Waals surface area contributed by atoms with Crippen LogP contribution in [0.5, 0.6) is 5.75 Å². The molecule has 5 heteroatoms. The van der Waals surface area contributed by atoms with Gasteiger partial charge in [0.2, 0.25) is 0 Å². The number of aromatic nitrogens is 2. The van der Waals surface area contributed by atoms with Gasteiger partial charge in [-0.05, 0) is 26.0 Å². The Morgan fingerprint density at radius 1 is 1.35 bits per heavy atom. The molecule has 0 aliphatic rings. The van der Waals surface area contributed by atoms with Crippen molar-refractivity contribution in [2.45, 2.75) is 30.0 Å². The first-order chi connectivity index (χ1) is 8.13. The standard InChI is InChI=1S/C12H15N3OS/c1-8(2)16-10-5-9(13)6-11(7-10)17-12-14-3-4-15-12/h3-8H,13H2,1-2H3,(H,14,15). The third kappa shape index (κ3) is 3.42. The maximum Gasteiger partial charge on any atom is 0.170 e. The minimum Gasteiger partial charge on any atom is -0.491 e. The number of rotatable bonds is 4. The fourth-order valence-electron chi connectivity index (χ4n) is 1.41. The topological polar surface area (TPSA) is 63.9 Å². The Hall–Kier alpha value is -1.62. The minimum atomic E-state index is 0.137. The lowest BCUT2D eigenvalue weighted by Crippen LogP contribution is -2.05. The highest BCUT2D eigenvalue weighted by Gasteiger charge is 2.05. The predicted octanol–water partition coefficient (Wildman–Crippen LogP) is 2.93. The van der Waals surface area contributed by atoms with Crippen molar-refractivity contribution in [2.24, 2.45) is 0 Å². The number of aromatic amines is 1. The number of imidazole rings is 1. The van der Waals surface area contributed by atoms with Crippen molar-refractivity contribution in [3.8, 4) is 5.75 Å². The molecule has 0 fully saturated rings. The third-order valence-corrected chi connectivity index (χ3v) is 2.85. The predicted molar refractivity (Wildman–Crippen MR) is 69.3 cm³/mol. The van der Waals surface area contributed by atoms with Gasteiger partial charge in [0, 0.05) is 29.0 Å². The molecule has 1 aromatic carbocycles. The molecule has 0 amide bonds. The normalized spacial score (nSPS) is 10.8. The van der Waals surface area contributed by atoms with Crippen LogP contribution < -0.4 is 10.5 Å². The fraction of sp³-hybridized carbons (Fsp3) is 0.250. The van der Waals surface area contributed by atoms with Crippen molar-refractivity contribution < 1.29 is 4.74 Å². The number of anilines is 1. The lowest BCUT2D eigenvalue weighted by molar-refractivity contribution is 0.242. The highest BCUT2D eigenvalue weighted by molar-refractivity contribution is 7.99. The first-order valence-electron chi connectivity index (χ1n) is 5.38. The molecule has 0 saturated carbocycles. The van der Waals surface area contributed by atoms with Gasteiger partial charge in [-0.15, -0.1) is 0 Å². The molecule has 0 radical (unpaired) electrons. The molecule has 2 aromatic rings. The monoisotopic (exact) mass is 249 g/mol. The second-order valence-electron chi connectivity index (χ2n) is 3.90. The Labute approximate surface area is 105 Å². The van der Waals surface area contributed by atoms with Gasteiger partial charge in [0.25, 0.3) is 0 Å². The van der Waals surface area contributed by atoms with Crippen molar-refractivity contribution >= 4 is 17.4 Å². The second-order valence-corrected chi connectivity index (χ2v) is 4.96. The molecular weight excluding hydrogens is 234 g/mol. The lowest BCUT2D eigenvalue weighted by Gasteiger charge is -2.11. The minimum absolute atomic E-state index is 0.137. The zero-order valence-corrected chi connectivity index (χ0v) is 10.6. The molecule has 0 bridgehead atoms. The van der Waals surface area contributed by atoms with E-state index in [1.807, 2.05) is 32.0 Å². The van der Waals surface area contributed by atoms with Crippen molar-refractivity contribution in [1.82, 2.24) is 9.97 Å². The van der Waals surface area contributed by atoms with Crippen molar-refractivity contribution in [2.75, 3.05) is 5.73 Å². The molecule has 1 aromatic heterocycles. The molecule has 0 unspecified atom stereocenters. The van der Waals surface area contributed by atoms with Crippen LogP contribution in [0.4, 0.5) is 5.69 Å². The Bertz CT molecular complexity index is 483. The zero-order chi connectivity index (χ0) is 12.3. The van der Waals surface area contributed by atoms with Gasteiger partial charge in [-0.25, -0.2) is 4.98 Å². The van der Waals surface area contributed by atoms with E-state index in [1.54, 1.807) is 12.4 Å². The molecule has 0 saturated heterocycles. The third-order valence-electron chi connectivity index (χ3n) is 1.96. The van der Waals surface area contributed by atoms with Gasteiger partial charge in [-0.3, -0.25) is 0 Å². The van der Waals surface area contributed by atoms with Crippen LogP contribution in [-0.4, -0.2) is 16.1 Å². The van der Waals surface area contributed by atoms with Gasteiger partial charge in [0.15, 0.2) is 5.16 Å². The molecule has 1 heterocycles. The molecule has 0 atom stereocenters. The molecule has 0 aliphatic carbocycles. The molecule has 17 heavy (non-hydrogen) atoms. The average molecular weight is 249 g/mol. The summed E-state index contributed by atoms with van der Waals surface area (Å²) in [6.07, 6.45) is 3.65. The summed E-state index contributed by atoms with van der Waals surface area (Å²) in [7, 11) is 0. The largest absolute Gasteiger partial charge is 0.491 e. The lowest BCUT2D eigenvalue weighted by atomic mass is 10.3. The van der Waals surface area contributed by atoms with E-state index in [9.17, 15) is 0 Å². The van der Waals surface area contributed by atoms with E-state index in [4.69, 9.17) is 10.5 Å². The van der Waals surface area contributed by atoms with E-state index in [0.29, 0.717) is 5.69 Å². The van der Waals surface area contributed by atoms with Gasteiger partial charge < -0.3 is 15.5 Å². The number of nitrogen functional groups attached to an aromatic ring is 1. The quantitative estimate of drug-likeness (QED) is 0.818. The SMILES string of the molecule is CC(C)Oc1cc(N)cc(Sc2ncc[nH]2)c1. The highest BCUT2D eigenvalue weighted by atomic mass is 32.2. The summed E-state index contributed by atoms with van der Waals surface area (Å²) in [6.45, 7) is 3.98. The molecule has 90 valence electrons. The Morgan fingerprint density at radius 3 is 2.82 bits per heavy atom. The van der Waals surface area contributed by atoms with Crippen LogP contribution >= 0.6 is 11.8 Å². The van der Waals surface area contributed by atoms with Gasteiger partial charge in [-0.2, -0.15) is 0 Å². The first kappa shape index (κ1) is 11.9.